The van der Waals surface area contributed by atoms with Crippen LogP contribution in [0.3, 0.4) is 0 Å². The number of carbonyl (C=O) groups is 2. The number of aromatic nitrogens is 3. The molecule has 0 radical (unpaired) electrons. The summed E-state index contributed by atoms with van der Waals surface area (Å²) < 4.78 is 41.1. The molecule has 0 aliphatic carbocycles. The maximum atomic E-state index is 13.7. The number of aliphatic carboxylic acids is 1. The molecule has 1 atom stereocenters. The van der Waals surface area contributed by atoms with Crippen molar-refractivity contribution in [1.82, 2.24) is 24.8 Å². The Bertz CT molecular complexity index is 1450. The minimum Gasteiger partial charge on any atom is -0.481 e. The van der Waals surface area contributed by atoms with Crippen LogP contribution in [0.4, 0.5) is 19.0 Å². The molecule has 2 saturated heterocycles. The van der Waals surface area contributed by atoms with Crippen LogP contribution in [-0.2, 0) is 23.9 Å². The molecule has 4 heterocycles. The Hall–Kier alpha value is -3.42. The number of piperazine rings is 1. The Kier molecular flexibility index (Phi) is 9.42. The van der Waals surface area contributed by atoms with Crippen molar-refractivity contribution in [3.05, 3.63) is 57.3 Å². The number of hydrogen-bond acceptors (Lipinski definition) is 9. The molecule has 3 aromatic rings. The van der Waals surface area contributed by atoms with Crippen LogP contribution in [-0.4, -0.2) is 86.9 Å². The van der Waals surface area contributed by atoms with Gasteiger partial charge in [0.15, 0.2) is 5.78 Å². The Labute approximate surface area is 252 Å². The summed E-state index contributed by atoms with van der Waals surface area (Å²) in [6.07, 6.45) is 0.758. The second-order valence-corrected chi connectivity index (χ2v) is 12.4. The number of halogens is 3. The van der Waals surface area contributed by atoms with Crippen LogP contribution in [0, 0.1) is 6.92 Å². The number of aryl methyl sites for hydroxylation is 1. The van der Waals surface area contributed by atoms with Gasteiger partial charge in [-0.15, -0.1) is 11.3 Å². The Morgan fingerprint density at radius 2 is 1.86 bits per heavy atom. The summed E-state index contributed by atoms with van der Waals surface area (Å²) in [7, 11) is 0. The number of alkyl halides is 3. The second kappa shape index (κ2) is 13.1. The molecule has 0 amide bonds. The molecule has 2 aromatic heterocycles. The van der Waals surface area contributed by atoms with Gasteiger partial charge >= 0.3 is 12.1 Å². The van der Waals surface area contributed by atoms with Crippen molar-refractivity contribution in [3.8, 4) is 11.3 Å². The molecule has 13 heteroatoms. The van der Waals surface area contributed by atoms with E-state index in [0.29, 0.717) is 67.4 Å². The van der Waals surface area contributed by atoms with Crippen molar-refractivity contribution in [3.63, 3.8) is 0 Å². The summed E-state index contributed by atoms with van der Waals surface area (Å²) >= 11 is 1.36. The van der Waals surface area contributed by atoms with Crippen molar-refractivity contribution in [2.24, 2.45) is 0 Å². The molecule has 1 N–H and O–H groups in total. The lowest BCUT2D eigenvalue weighted by atomic mass is 10.0. The van der Waals surface area contributed by atoms with E-state index < -0.39 is 17.7 Å². The normalized spacial score (nSPS) is 18.3. The highest BCUT2D eigenvalue weighted by Gasteiger charge is 2.33. The first-order chi connectivity index (χ1) is 20.5. The molecule has 43 heavy (non-hydrogen) atoms. The van der Waals surface area contributed by atoms with E-state index in [-0.39, 0.29) is 29.9 Å². The summed E-state index contributed by atoms with van der Waals surface area (Å²) in [6.45, 7) is 8.36. The predicted octanol–water partition coefficient (Wildman–Crippen LogP) is 4.93. The smallest absolute Gasteiger partial charge is 0.416 e. The highest BCUT2D eigenvalue weighted by molar-refractivity contribution is 7.12. The van der Waals surface area contributed by atoms with Gasteiger partial charge in [-0.25, -0.2) is 15.0 Å². The number of rotatable bonds is 10. The van der Waals surface area contributed by atoms with Crippen molar-refractivity contribution in [1.29, 1.82) is 0 Å². The van der Waals surface area contributed by atoms with Gasteiger partial charge in [0.05, 0.1) is 36.5 Å². The number of anilines is 1. The predicted molar refractivity (Wildman–Crippen MR) is 157 cm³/mol. The van der Waals surface area contributed by atoms with E-state index in [2.05, 4.69) is 26.7 Å². The SMILES string of the molecule is Cc1ccc(-c2nc(CC(=O)c3cnc(N4CCN(CCC(=O)O)CC4)cn3)sc2CN2CCC[C@H]2C)cc1C(F)(F)F. The second-order valence-electron chi connectivity index (χ2n) is 11.2. The lowest BCUT2D eigenvalue weighted by Crippen LogP contribution is -2.47. The Morgan fingerprint density at radius 1 is 1.09 bits per heavy atom. The molecule has 0 bridgehead atoms. The fraction of sp³-hybridized carbons (Fsp3) is 0.500. The van der Waals surface area contributed by atoms with E-state index >= 15 is 0 Å². The number of likely N-dealkylation sites (tertiary alicyclic amines) is 1. The van der Waals surface area contributed by atoms with Gasteiger partial charge in [-0.3, -0.25) is 19.4 Å². The van der Waals surface area contributed by atoms with E-state index in [0.717, 1.165) is 30.3 Å². The van der Waals surface area contributed by atoms with Gasteiger partial charge in [0.25, 0.3) is 0 Å². The fourth-order valence-corrected chi connectivity index (χ4v) is 6.72. The third-order valence-corrected chi connectivity index (χ3v) is 9.21. The number of carboxylic acids is 1. The molecule has 1 aromatic carbocycles. The Balaban J connectivity index is 1.31. The molecule has 2 aliphatic rings. The van der Waals surface area contributed by atoms with Crippen LogP contribution >= 0.6 is 11.3 Å². The third-order valence-electron chi connectivity index (χ3n) is 8.17. The lowest BCUT2D eigenvalue weighted by molar-refractivity contribution is -0.138. The summed E-state index contributed by atoms with van der Waals surface area (Å²) in [4.78, 5) is 44.8. The van der Waals surface area contributed by atoms with E-state index in [4.69, 9.17) is 10.1 Å². The summed E-state index contributed by atoms with van der Waals surface area (Å²) in [5, 5.41) is 9.42. The Morgan fingerprint density at radius 3 is 2.49 bits per heavy atom. The van der Waals surface area contributed by atoms with Crippen molar-refractivity contribution < 1.29 is 27.9 Å². The monoisotopic (exact) mass is 616 g/mol. The average Bonchev–Trinajstić information content (AvgIpc) is 3.57. The van der Waals surface area contributed by atoms with Gasteiger partial charge in [0, 0.05) is 55.8 Å². The van der Waals surface area contributed by atoms with Crippen molar-refractivity contribution >= 4 is 28.9 Å². The van der Waals surface area contributed by atoms with Crippen LogP contribution in [0.15, 0.2) is 30.6 Å². The number of carboxylic acid groups (broad SMARTS) is 1. The summed E-state index contributed by atoms with van der Waals surface area (Å²) in [6, 6.07) is 4.66. The number of Topliss-reactive ketones (excluding diaryl/α,β-unsaturated/α-hetero) is 1. The quantitative estimate of drug-likeness (QED) is 0.318. The minimum atomic E-state index is -4.47. The minimum absolute atomic E-state index is 0.0263. The lowest BCUT2D eigenvalue weighted by Gasteiger charge is -2.34. The third kappa shape index (κ3) is 7.57. The first-order valence-electron chi connectivity index (χ1n) is 14.4. The molecule has 230 valence electrons. The molecule has 2 fully saturated rings. The fourth-order valence-electron chi connectivity index (χ4n) is 5.61. The molecule has 0 unspecified atom stereocenters. The first kappa shape index (κ1) is 31.0. The molecule has 0 spiro atoms. The average molecular weight is 617 g/mol. The van der Waals surface area contributed by atoms with Gasteiger partial charge < -0.3 is 10.0 Å². The molecular formula is C30H35F3N6O3S. The molecule has 5 rings (SSSR count). The van der Waals surface area contributed by atoms with Gasteiger partial charge in [0.2, 0.25) is 0 Å². The number of thiazole rings is 1. The molecule has 2 aliphatic heterocycles. The van der Waals surface area contributed by atoms with E-state index in [1.807, 2.05) is 4.90 Å². The zero-order valence-electron chi connectivity index (χ0n) is 24.2. The van der Waals surface area contributed by atoms with E-state index in [9.17, 15) is 22.8 Å². The largest absolute Gasteiger partial charge is 0.481 e. The van der Waals surface area contributed by atoms with Gasteiger partial charge in [-0.05, 0) is 44.9 Å². The van der Waals surface area contributed by atoms with Crippen molar-refractivity contribution in [2.75, 3.05) is 44.2 Å². The van der Waals surface area contributed by atoms with Crippen LogP contribution in [0.5, 0.6) is 0 Å². The molecule has 0 saturated carbocycles. The number of nitrogens with zero attached hydrogens (tertiary/aromatic N) is 6. The number of carbonyl (C=O) groups excluding carboxylic acids is 1. The summed E-state index contributed by atoms with van der Waals surface area (Å²) in [5.74, 6) is -0.433. The van der Waals surface area contributed by atoms with Gasteiger partial charge in [0.1, 0.15) is 16.5 Å². The van der Waals surface area contributed by atoms with Gasteiger partial charge in [-0.1, -0.05) is 12.1 Å². The number of benzene rings is 1. The van der Waals surface area contributed by atoms with Crippen LogP contribution in [0.1, 0.15) is 57.7 Å². The van der Waals surface area contributed by atoms with E-state index in [1.54, 1.807) is 12.3 Å². The molecule has 9 nitrogen and oxygen atoms in total. The van der Waals surface area contributed by atoms with E-state index in [1.165, 1.54) is 30.5 Å². The van der Waals surface area contributed by atoms with Crippen LogP contribution in [0.25, 0.3) is 11.3 Å². The maximum absolute atomic E-state index is 13.7. The highest BCUT2D eigenvalue weighted by Crippen LogP contribution is 2.37. The van der Waals surface area contributed by atoms with Crippen LogP contribution in [0.2, 0.25) is 0 Å². The van der Waals surface area contributed by atoms with Gasteiger partial charge in [-0.2, -0.15) is 13.2 Å². The standard InChI is InChI=1S/C30H35F3N6O3S/c1-19-5-6-21(14-22(19)30(31,32)33)29-25(18-39-8-3-4-20(39)2)43-27(36-29)15-24(40)23-16-35-26(17-34-23)38-12-10-37(11-13-38)9-7-28(41)42/h5-6,14,16-17,20H,3-4,7-13,15,18H2,1-2H3,(H,41,42)/t20-/m1/s1. The zero-order chi connectivity index (χ0) is 30.7. The maximum Gasteiger partial charge on any atom is 0.416 e. The number of ketones is 1. The number of hydrogen-bond donors (Lipinski definition) is 1. The van der Waals surface area contributed by atoms with Crippen LogP contribution < -0.4 is 4.90 Å². The summed E-state index contributed by atoms with van der Waals surface area (Å²) in [5.41, 5.74) is 0.542. The topological polar surface area (TPSA) is 103 Å². The molecular weight excluding hydrogens is 581 g/mol. The zero-order valence-corrected chi connectivity index (χ0v) is 25.0. The highest BCUT2D eigenvalue weighted by atomic mass is 32.1. The first-order valence-corrected chi connectivity index (χ1v) is 15.2. The van der Waals surface area contributed by atoms with Crippen molar-refractivity contribution in [2.45, 2.75) is 58.3 Å².